The van der Waals surface area contributed by atoms with Gasteiger partial charge in [0.15, 0.2) is 5.84 Å². The molecule has 19 heavy (non-hydrogen) atoms. The fourth-order valence-corrected chi connectivity index (χ4v) is 2.71. The lowest BCUT2D eigenvalue weighted by Crippen LogP contribution is -2.30. The summed E-state index contributed by atoms with van der Waals surface area (Å²) in [5.41, 5.74) is 5.47. The van der Waals surface area contributed by atoms with Gasteiger partial charge in [-0.05, 0) is 6.92 Å². The smallest absolute Gasteiger partial charge is 0.259 e. The molecule has 0 saturated carbocycles. The zero-order chi connectivity index (χ0) is 14.1. The van der Waals surface area contributed by atoms with Crippen LogP contribution in [0.25, 0.3) is 0 Å². The number of hydrogen-bond acceptors (Lipinski definition) is 8. The number of likely N-dealkylation sites (N-methyl/N-ethyl adjacent to an activating group) is 1. The van der Waals surface area contributed by atoms with Crippen LogP contribution in [0.2, 0.25) is 0 Å². The van der Waals surface area contributed by atoms with Crippen LogP contribution < -0.4 is 11.1 Å². The lowest BCUT2D eigenvalue weighted by Gasteiger charge is -2.03. The standard InChI is InChI=1S/C9H16N6O2S2/c1-2-11-7(5-15(16)17)12-3-4-18-6-8-13-14-9(10)19-8/h2-6H2,1H3,(H2,10,14)(H,11,12). The number of thioether (sulfide) groups is 1. The number of nitro groups is 1. The summed E-state index contributed by atoms with van der Waals surface area (Å²) in [6.45, 7) is 2.79. The number of hydrogen-bond donors (Lipinski definition) is 2. The predicted octanol–water partition coefficient (Wildman–Crippen LogP) is 0.638. The van der Waals surface area contributed by atoms with Gasteiger partial charge in [-0.1, -0.05) is 11.3 Å². The lowest BCUT2D eigenvalue weighted by atomic mass is 10.5. The van der Waals surface area contributed by atoms with Crippen molar-refractivity contribution in [3.63, 3.8) is 0 Å². The van der Waals surface area contributed by atoms with Gasteiger partial charge in [0.2, 0.25) is 5.13 Å². The summed E-state index contributed by atoms with van der Waals surface area (Å²) in [5, 5.41) is 22.3. The molecule has 106 valence electrons. The van der Waals surface area contributed by atoms with E-state index in [1.54, 1.807) is 11.8 Å². The van der Waals surface area contributed by atoms with Crippen LogP contribution in [0.15, 0.2) is 4.99 Å². The molecule has 0 aliphatic carbocycles. The highest BCUT2D eigenvalue weighted by molar-refractivity contribution is 7.98. The monoisotopic (exact) mass is 304 g/mol. The second-order valence-corrected chi connectivity index (χ2v) is 5.64. The Morgan fingerprint density at radius 1 is 1.63 bits per heavy atom. The first kappa shape index (κ1) is 15.6. The van der Waals surface area contributed by atoms with Gasteiger partial charge >= 0.3 is 0 Å². The van der Waals surface area contributed by atoms with Crippen molar-refractivity contribution in [1.29, 1.82) is 0 Å². The van der Waals surface area contributed by atoms with Crippen LogP contribution in [0.4, 0.5) is 5.13 Å². The van der Waals surface area contributed by atoms with Crippen molar-refractivity contribution in [2.24, 2.45) is 4.99 Å². The second-order valence-electron chi connectivity index (χ2n) is 3.44. The number of nitrogens with zero attached hydrogens (tertiary/aromatic N) is 4. The number of nitrogens with two attached hydrogens (primary N) is 1. The number of nitrogens with one attached hydrogen (secondary N) is 1. The molecule has 0 aliphatic rings. The van der Waals surface area contributed by atoms with Crippen molar-refractivity contribution < 1.29 is 4.92 Å². The molecule has 1 aromatic rings. The van der Waals surface area contributed by atoms with Gasteiger partial charge in [0.05, 0.1) is 6.54 Å². The lowest BCUT2D eigenvalue weighted by molar-refractivity contribution is -0.463. The Kier molecular flexibility index (Phi) is 7.11. The molecule has 0 bridgehead atoms. The summed E-state index contributed by atoms with van der Waals surface area (Å²) in [6, 6.07) is 0. The fourth-order valence-electron chi connectivity index (χ4n) is 1.22. The Hall–Kier alpha value is -1.42. The Morgan fingerprint density at radius 3 is 3.00 bits per heavy atom. The average molecular weight is 304 g/mol. The van der Waals surface area contributed by atoms with Gasteiger partial charge in [-0.25, -0.2) is 0 Å². The SMILES string of the molecule is CCNC(C[N+](=O)[O-])=NCCSCc1nnc(N)s1. The summed E-state index contributed by atoms with van der Waals surface area (Å²) < 4.78 is 0. The molecular weight excluding hydrogens is 288 g/mol. The molecule has 0 saturated heterocycles. The maximum Gasteiger partial charge on any atom is 0.259 e. The first-order chi connectivity index (χ1) is 9.11. The number of nitrogen functional groups attached to an aromatic ring is 1. The van der Waals surface area contributed by atoms with E-state index in [1.165, 1.54) is 11.3 Å². The van der Waals surface area contributed by atoms with E-state index in [0.717, 1.165) is 16.5 Å². The number of aliphatic imine (C=N–C) groups is 1. The summed E-state index contributed by atoms with van der Waals surface area (Å²) in [7, 11) is 0. The van der Waals surface area contributed by atoms with Gasteiger partial charge in [-0.2, -0.15) is 11.8 Å². The van der Waals surface area contributed by atoms with E-state index in [2.05, 4.69) is 20.5 Å². The molecule has 0 unspecified atom stereocenters. The quantitative estimate of drug-likeness (QED) is 0.238. The molecule has 0 aliphatic heterocycles. The number of rotatable bonds is 8. The minimum Gasteiger partial charge on any atom is -0.374 e. The minimum atomic E-state index is -0.390. The highest BCUT2D eigenvalue weighted by Gasteiger charge is 2.05. The van der Waals surface area contributed by atoms with E-state index in [4.69, 9.17) is 5.73 Å². The third-order valence-electron chi connectivity index (χ3n) is 1.91. The van der Waals surface area contributed by atoms with Crippen molar-refractivity contribution in [3.05, 3.63) is 15.1 Å². The molecule has 1 rings (SSSR count). The van der Waals surface area contributed by atoms with Gasteiger partial charge in [0.25, 0.3) is 6.54 Å². The van der Waals surface area contributed by atoms with E-state index >= 15 is 0 Å². The zero-order valence-corrected chi connectivity index (χ0v) is 12.2. The molecule has 0 radical (unpaired) electrons. The molecule has 0 fully saturated rings. The van der Waals surface area contributed by atoms with Crippen LogP contribution in [-0.2, 0) is 5.75 Å². The van der Waals surface area contributed by atoms with Gasteiger partial charge in [0, 0.05) is 23.0 Å². The molecule has 0 amide bonds. The van der Waals surface area contributed by atoms with E-state index in [1.807, 2.05) is 6.92 Å². The number of amidine groups is 1. The maximum absolute atomic E-state index is 10.4. The van der Waals surface area contributed by atoms with Crippen molar-refractivity contribution in [1.82, 2.24) is 15.5 Å². The molecule has 0 aromatic carbocycles. The molecule has 0 atom stereocenters. The van der Waals surface area contributed by atoms with E-state index in [-0.39, 0.29) is 6.54 Å². The third-order valence-corrected chi connectivity index (χ3v) is 3.79. The van der Waals surface area contributed by atoms with Gasteiger partial charge in [0.1, 0.15) is 5.01 Å². The Balaban J connectivity index is 2.24. The van der Waals surface area contributed by atoms with Gasteiger partial charge in [-0.3, -0.25) is 15.1 Å². The first-order valence-corrected chi connectivity index (χ1v) is 7.63. The topological polar surface area (TPSA) is 119 Å². The summed E-state index contributed by atoms with van der Waals surface area (Å²) >= 11 is 3.01. The van der Waals surface area contributed by atoms with Crippen LogP contribution >= 0.6 is 23.1 Å². The Morgan fingerprint density at radius 2 is 2.42 bits per heavy atom. The molecule has 3 N–H and O–H groups in total. The average Bonchev–Trinajstić information content (AvgIpc) is 2.74. The second kappa shape index (κ2) is 8.64. The van der Waals surface area contributed by atoms with Crippen LogP contribution in [-0.4, -0.2) is 46.3 Å². The van der Waals surface area contributed by atoms with E-state index < -0.39 is 4.92 Å². The van der Waals surface area contributed by atoms with Gasteiger partial charge in [-0.15, -0.1) is 10.2 Å². The van der Waals surface area contributed by atoms with Crippen LogP contribution in [0, 0.1) is 10.1 Å². The van der Waals surface area contributed by atoms with Crippen LogP contribution in [0.5, 0.6) is 0 Å². The van der Waals surface area contributed by atoms with Crippen molar-refractivity contribution in [2.45, 2.75) is 12.7 Å². The van der Waals surface area contributed by atoms with Crippen molar-refractivity contribution in [3.8, 4) is 0 Å². The summed E-state index contributed by atoms with van der Waals surface area (Å²) in [5.74, 6) is 1.93. The summed E-state index contributed by atoms with van der Waals surface area (Å²) in [6.07, 6.45) is 0. The molecule has 1 heterocycles. The van der Waals surface area contributed by atoms with Crippen LogP contribution in [0.3, 0.4) is 0 Å². The predicted molar refractivity (Wildman–Crippen MR) is 78.3 cm³/mol. The largest absolute Gasteiger partial charge is 0.374 e. The molecule has 0 spiro atoms. The fraction of sp³-hybridized carbons (Fsp3) is 0.667. The number of anilines is 1. The highest BCUT2D eigenvalue weighted by atomic mass is 32.2. The molecule has 1 aromatic heterocycles. The maximum atomic E-state index is 10.4. The van der Waals surface area contributed by atoms with E-state index in [0.29, 0.717) is 24.1 Å². The van der Waals surface area contributed by atoms with Crippen LogP contribution in [0.1, 0.15) is 11.9 Å². The van der Waals surface area contributed by atoms with Crippen molar-refractivity contribution in [2.75, 3.05) is 31.1 Å². The number of aromatic nitrogens is 2. The third kappa shape index (κ3) is 6.91. The van der Waals surface area contributed by atoms with Crippen molar-refractivity contribution >= 4 is 34.1 Å². The van der Waals surface area contributed by atoms with Gasteiger partial charge < -0.3 is 11.1 Å². The molecular formula is C9H16N6O2S2. The zero-order valence-electron chi connectivity index (χ0n) is 10.5. The minimum absolute atomic E-state index is 0.258. The molecule has 10 heteroatoms. The molecule has 8 nitrogen and oxygen atoms in total. The van der Waals surface area contributed by atoms with E-state index in [9.17, 15) is 10.1 Å². The normalized spacial score (nSPS) is 11.5. The Bertz CT molecular complexity index is 436. The summed E-state index contributed by atoms with van der Waals surface area (Å²) in [4.78, 5) is 14.2. The Labute approximate surface area is 119 Å². The highest BCUT2D eigenvalue weighted by Crippen LogP contribution is 2.17. The first-order valence-electron chi connectivity index (χ1n) is 5.66.